The van der Waals surface area contributed by atoms with Gasteiger partial charge in [-0.3, -0.25) is 0 Å². The standard InChI is InChI=1S/C22H25N3O4S/c1-4-12-29-21(26)14-18(16-8-6-5-7-9-16)17-10-11-19-20(13-17)25(22(23)24-19)30(27,28)15(2)3/h5-11,13-15H,4,12H2,1-3H3,(H2,23,24). The Kier molecular flexibility index (Phi) is 6.26. The number of ether oxygens (including phenoxy) is 1. The van der Waals surface area contributed by atoms with E-state index in [1.165, 1.54) is 6.08 Å². The van der Waals surface area contributed by atoms with Gasteiger partial charge in [0.1, 0.15) is 0 Å². The van der Waals surface area contributed by atoms with Crippen molar-refractivity contribution in [2.45, 2.75) is 32.4 Å². The maximum atomic E-state index is 12.8. The number of nitrogens with zero attached hydrogens (tertiary/aromatic N) is 2. The van der Waals surface area contributed by atoms with Crippen molar-refractivity contribution in [3.63, 3.8) is 0 Å². The molecule has 0 saturated heterocycles. The van der Waals surface area contributed by atoms with Crippen LogP contribution in [-0.2, 0) is 19.6 Å². The summed E-state index contributed by atoms with van der Waals surface area (Å²) in [4.78, 5) is 16.5. The largest absolute Gasteiger partial charge is 0.463 e. The molecule has 0 fully saturated rings. The van der Waals surface area contributed by atoms with Crippen LogP contribution in [0.1, 0.15) is 38.3 Å². The van der Waals surface area contributed by atoms with Crippen molar-refractivity contribution in [1.82, 2.24) is 8.96 Å². The summed E-state index contributed by atoms with van der Waals surface area (Å²) in [5.41, 5.74) is 8.83. The van der Waals surface area contributed by atoms with E-state index in [4.69, 9.17) is 10.5 Å². The first-order valence-electron chi connectivity index (χ1n) is 9.72. The van der Waals surface area contributed by atoms with Crippen LogP contribution in [0, 0.1) is 0 Å². The molecule has 0 bridgehead atoms. The van der Waals surface area contributed by atoms with E-state index in [-0.39, 0.29) is 5.95 Å². The number of imidazole rings is 1. The summed E-state index contributed by atoms with van der Waals surface area (Å²) < 4.78 is 31.9. The summed E-state index contributed by atoms with van der Waals surface area (Å²) in [7, 11) is -3.71. The second kappa shape index (κ2) is 8.71. The summed E-state index contributed by atoms with van der Waals surface area (Å²) in [6, 6.07) is 14.5. The third-order valence-electron chi connectivity index (χ3n) is 4.59. The molecule has 2 N–H and O–H groups in total. The van der Waals surface area contributed by atoms with E-state index >= 15 is 0 Å². The molecule has 0 atom stereocenters. The number of benzene rings is 2. The normalized spacial score (nSPS) is 12.5. The molecule has 3 rings (SSSR count). The second-order valence-electron chi connectivity index (χ2n) is 7.12. The Balaban J connectivity index is 2.21. The van der Waals surface area contributed by atoms with Crippen LogP contribution >= 0.6 is 0 Å². The number of anilines is 1. The minimum absolute atomic E-state index is 0.0940. The van der Waals surface area contributed by atoms with Gasteiger partial charge in [0.25, 0.3) is 0 Å². The highest BCUT2D eigenvalue weighted by Gasteiger charge is 2.25. The van der Waals surface area contributed by atoms with Crippen LogP contribution in [0.4, 0.5) is 5.95 Å². The summed E-state index contributed by atoms with van der Waals surface area (Å²) in [5, 5.41) is -0.672. The number of esters is 1. The fourth-order valence-corrected chi connectivity index (χ4v) is 4.18. The highest BCUT2D eigenvalue weighted by Crippen LogP contribution is 2.29. The molecular weight excluding hydrogens is 402 g/mol. The summed E-state index contributed by atoms with van der Waals surface area (Å²) in [6.07, 6.45) is 2.14. The Hall–Kier alpha value is -3.13. The summed E-state index contributed by atoms with van der Waals surface area (Å²) in [5.74, 6) is -0.554. The number of carbonyl (C=O) groups is 1. The fourth-order valence-electron chi connectivity index (χ4n) is 3.03. The van der Waals surface area contributed by atoms with Crippen LogP contribution in [0.3, 0.4) is 0 Å². The molecule has 0 aliphatic carbocycles. The van der Waals surface area contributed by atoms with Gasteiger partial charge >= 0.3 is 5.97 Å². The smallest absolute Gasteiger partial charge is 0.331 e. The van der Waals surface area contributed by atoms with Crippen molar-refractivity contribution in [3.8, 4) is 0 Å². The first-order valence-corrected chi connectivity index (χ1v) is 11.2. The first kappa shape index (κ1) is 21.6. The van der Waals surface area contributed by atoms with Crippen LogP contribution in [-0.4, -0.2) is 35.2 Å². The monoisotopic (exact) mass is 427 g/mol. The number of hydrogen-bond donors (Lipinski definition) is 1. The van der Waals surface area contributed by atoms with E-state index < -0.39 is 21.2 Å². The van der Waals surface area contributed by atoms with Crippen LogP contribution in [0.2, 0.25) is 0 Å². The zero-order chi connectivity index (χ0) is 21.9. The molecule has 30 heavy (non-hydrogen) atoms. The lowest BCUT2D eigenvalue weighted by molar-refractivity contribution is -0.137. The zero-order valence-electron chi connectivity index (χ0n) is 17.2. The van der Waals surface area contributed by atoms with Crippen molar-refractivity contribution in [2.75, 3.05) is 12.3 Å². The summed E-state index contributed by atoms with van der Waals surface area (Å²) >= 11 is 0. The fraction of sp³-hybridized carbons (Fsp3) is 0.273. The van der Waals surface area contributed by atoms with Crippen molar-refractivity contribution in [1.29, 1.82) is 0 Å². The maximum absolute atomic E-state index is 12.8. The summed E-state index contributed by atoms with van der Waals surface area (Å²) in [6.45, 7) is 5.42. The Morgan fingerprint density at radius 3 is 2.50 bits per heavy atom. The predicted octanol–water partition coefficient (Wildman–Crippen LogP) is 3.59. The van der Waals surface area contributed by atoms with Crippen molar-refractivity contribution in [2.24, 2.45) is 0 Å². The Labute approximate surface area is 176 Å². The molecule has 0 aliphatic heterocycles. The van der Waals surface area contributed by atoms with Crippen molar-refractivity contribution in [3.05, 3.63) is 65.7 Å². The van der Waals surface area contributed by atoms with Gasteiger partial charge in [0.2, 0.25) is 16.0 Å². The number of nitrogens with two attached hydrogens (primary N) is 1. The third-order valence-corrected chi connectivity index (χ3v) is 6.68. The van der Waals surface area contributed by atoms with Crippen LogP contribution in [0.15, 0.2) is 54.6 Å². The second-order valence-corrected chi connectivity index (χ2v) is 9.46. The molecule has 3 aromatic rings. The molecule has 0 unspecified atom stereocenters. The van der Waals surface area contributed by atoms with E-state index in [0.29, 0.717) is 28.8 Å². The Morgan fingerprint density at radius 1 is 1.17 bits per heavy atom. The van der Waals surface area contributed by atoms with Gasteiger partial charge in [0.15, 0.2) is 0 Å². The van der Waals surface area contributed by atoms with Gasteiger partial charge in [0, 0.05) is 6.08 Å². The SMILES string of the molecule is CCCOC(=O)C=C(c1ccccc1)c1ccc2nc(N)n(S(=O)(=O)C(C)C)c2c1. The molecule has 158 valence electrons. The number of nitrogen functional groups attached to an aromatic ring is 1. The lowest BCUT2D eigenvalue weighted by atomic mass is 9.97. The third kappa shape index (κ3) is 4.23. The van der Waals surface area contributed by atoms with E-state index in [1.54, 1.807) is 32.0 Å². The predicted molar refractivity (Wildman–Crippen MR) is 118 cm³/mol. The van der Waals surface area contributed by atoms with Crippen LogP contribution < -0.4 is 5.73 Å². The molecule has 0 amide bonds. The molecule has 0 aliphatic rings. The van der Waals surface area contributed by atoms with Crippen molar-refractivity contribution >= 4 is 38.5 Å². The number of carbonyl (C=O) groups excluding carboxylic acids is 1. The molecule has 7 nitrogen and oxygen atoms in total. The van der Waals surface area contributed by atoms with Gasteiger partial charge in [-0.05, 0) is 49.1 Å². The van der Waals surface area contributed by atoms with Gasteiger partial charge in [-0.15, -0.1) is 0 Å². The molecule has 0 spiro atoms. The molecule has 0 radical (unpaired) electrons. The quantitative estimate of drug-likeness (QED) is 0.456. The minimum atomic E-state index is -3.71. The van der Waals surface area contributed by atoms with Crippen LogP contribution in [0.5, 0.6) is 0 Å². The topological polar surface area (TPSA) is 104 Å². The number of rotatable bonds is 7. The molecule has 1 aromatic heterocycles. The highest BCUT2D eigenvalue weighted by molar-refractivity contribution is 7.90. The van der Waals surface area contributed by atoms with Gasteiger partial charge in [-0.25, -0.2) is 22.2 Å². The minimum Gasteiger partial charge on any atom is -0.463 e. The van der Waals surface area contributed by atoms with Crippen molar-refractivity contribution < 1.29 is 17.9 Å². The van der Waals surface area contributed by atoms with Gasteiger partial charge in [-0.2, -0.15) is 0 Å². The Bertz CT molecular complexity index is 1200. The molecule has 8 heteroatoms. The zero-order valence-corrected chi connectivity index (χ0v) is 18.0. The number of fused-ring (bicyclic) bond motifs is 1. The number of hydrogen-bond acceptors (Lipinski definition) is 6. The molecule has 2 aromatic carbocycles. The maximum Gasteiger partial charge on any atom is 0.331 e. The van der Waals surface area contributed by atoms with Crippen LogP contribution in [0.25, 0.3) is 16.6 Å². The van der Waals surface area contributed by atoms with E-state index in [9.17, 15) is 13.2 Å². The van der Waals surface area contributed by atoms with E-state index in [1.807, 2.05) is 37.3 Å². The van der Waals surface area contributed by atoms with Gasteiger partial charge < -0.3 is 10.5 Å². The van der Waals surface area contributed by atoms with E-state index in [2.05, 4.69) is 4.98 Å². The Morgan fingerprint density at radius 2 is 1.87 bits per heavy atom. The first-order chi connectivity index (χ1) is 14.3. The van der Waals surface area contributed by atoms with E-state index in [0.717, 1.165) is 16.0 Å². The highest BCUT2D eigenvalue weighted by atomic mass is 32.2. The lowest BCUT2D eigenvalue weighted by Crippen LogP contribution is -2.23. The average Bonchev–Trinajstić information content (AvgIpc) is 3.06. The molecule has 0 saturated carbocycles. The van der Waals surface area contributed by atoms with Gasteiger partial charge in [-0.1, -0.05) is 43.3 Å². The number of aromatic nitrogens is 2. The average molecular weight is 428 g/mol. The van der Waals surface area contributed by atoms with Gasteiger partial charge in [0.05, 0.1) is 22.9 Å². The molecule has 1 heterocycles. The molecular formula is C22H25N3O4S. The lowest BCUT2D eigenvalue weighted by Gasteiger charge is -2.13.